The van der Waals surface area contributed by atoms with Crippen LogP contribution in [0.25, 0.3) is 10.2 Å². The lowest BCUT2D eigenvalue weighted by Crippen LogP contribution is -2.54. The number of ether oxygens (including phenoxy) is 1. The fraction of sp³-hybridized carbons (Fsp3) is 0.545. The SMILES string of the molecule is CCOc1ccc2nc(NC(=O)CN3C(=O)NC4(CC(C)CC(C)(C)C4)C3=O)sc2c1. The molecule has 0 bridgehead atoms. The summed E-state index contributed by atoms with van der Waals surface area (Å²) in [7, 11) is 0. The molecule has 8 nitrogen and oxygen atoms in total. The van der Waals surface area contributed by atoms with Gasteiger partial charge in [-0.3, -0.25) is 14.5 Å². The van der Waals surface area contributed by atoms with E-state index in [-0.39, 0.29) is 17.9 Å². The summed E-state index contributed by atoms with van der Waals surface area (Å²) in [6.07, 6.45) is 2.17. The fourth-order valence-corrected chi connectivity index (χ4v) is 6.08. The zero-order valence-electron chi connectivity index (χ0n) is 18.3. The number of nitrogens with one attached hydrogen (secondary N) is 2. The number of hydrogen-bond donors (Lipinski definition) is 2. The van der Waals surface area contributed by atoms with E-state index in [9.17, 15) is 14.4 Å². The van der Waals surface area contributed by atoms with Crippen molar-refractivity contribution < 1.29 is 19.1 Å². The monoisotopic (exact) mass is 444 g/mol. The van der Waals surface area contributed by atoms with E-state index < -0.39 is 17.5 Å². The summed E-state index contributed by atoms with van der Waals surface area (Å²) in [6, 6.07) is 5.03. The maximum absolute atomic E-state index is 13.2. The van der Waals surface area contributed by atoms with Gasteiger partial charge in [0.25, 0.3) is 5.91 Å². The molecule has 2 aliphatic rings. The molecule has 2 unspecified atom stereocenters. The van der Waals surface area contributed by atoms with Crippen LogP contribution in [-0.2, 0) is 9.59 Å². The minimum absolute atomic E-state index is 0.0553. The van der Waals surface area contributed by atoms with Crippen LogP contribution < -0.4 is 15.4 Å². The third kappa shape index (κ3) is 4.23. The number of urea groups is 1. The highest BCUT2D eigenvalue weighted by Gasteiger charge is 2.56. The minimum Gasteiger partial charge on any atom is -0.494 e. The van der Waals surface area contributed by atoms with Crippen molar-refractivity contribution in [3.8, 4) is 5.75 Å². The Morgan fingerprint density at radius 2 is 2.13 bits per heavy atom. The predicted molar refractivity (Wildman–Crippen MR) is 119 cm³/mol. The van der Waals surface area contributed by atoms with Crippen molar-refractivity contribution in [1.29, 1.82) is 0 Å². The van der Waals surface area contributed by atoms with Gasteiger partial charge in [-0.2, -0.15) is 0 Å². The van der Waals surface area contributed by atoms with Gasteiger partial charge in [0.15, 0.2) is 5.13 Å². The van der Waals surface area contributed by atoms with Gasteiger partial charge < -0.3 is 15.4 Å². The van der Waals surface area contributed by atoms with Crippen LogP contribution in [0.5, 0.6) is 5.75 Å². The Hall–Kier alpha value is -2.68. The van der Waals surface area contributed by atoms with Crippen molar-refractivity contribution in [3.05, 3.63) is 18.2 Å². The number of anilines is 1. The lowest BCUT2D eigenvalue weighted by molar-refractivity contribution is -0.136. The number of benzene rings is 1. The van der Waals surface area contributed by atoms with Crippen LogP contribution in [0, 0.1) is 11.3 Å². The van der Waals surface area contributed by atoms with Gasteiger partial charge in [0.1, 0.15) is 17.8 Å². The zero-order chi connectivity index (χ0) is 22.4. The molecule has 2 heterocycles. The van der Waals surface area contributed by atoms with E-state index in [4.69, 9.17) is 4.74 Å². The third-order valence-electron chi connectivity index (χ3n) is 5.84. The molecule has 166 valence electrons. The molecule has 1 aromatic heterocycles. The Morgan fingerprint density at radius 1 is 1.35 bits per heavy atom. The van der Waals surface area contributed by atoms with Crippen LogP contribution in [0.2, 0.25) is 0 Å². The predicted octanol–water partition coefficient (Wildman–Crippen LogP) is 3.77. The molecule has 2 N–H and O–H groups in total. The van der Waals surface area contributed by atoms with Gasteiger partial charge in [0.2, 0.25) is 5.91 Å². The maximum atomic E-state index is 13.2. The first-order valence-electron chi connectivity index (χ1n) is 10.6. The largest absolute Gasteiger partial charge is 0.494 e. The van der Waals surface area contributed by atoms with Crippen LogP contribution >= 0.6 is 11.3 Å². The van der Waals surface area contributed by atoms with Crippen LogP contribution in [0.15, 0.2) is 18.2 Å². The Balaban J connectivity index is 1.45. The number of carbonyl (C=O) groups excluding carboxylic acids is 3. The van der Waals surface area contributed by atoms with E-state index in [0.29, 0.717) is 30.5 Å². The number of carbonyl (C=O) groups is 3. The van der Waals surface area contributed by atoms with Crippen LogP contribution in [-0.4, -0.2) is 46.4 Å². The average Bonchev–Trinajstić information content (AvgIpc) is 3.13. The third-order valence-corrected chi connectivity index (χ3v) is 6.78. The molecule has 1 aliphatic heterocycles. The second-order valence-corrected chi connectivity index (χ2v) is 10.4. The Labute approximate surface area is 185 Å². The van der Waals surface area contributed by atoms with Crippen LogP contribution in [0.3, 0.4) is 0 Å². The highest BCUT2D eigenvalue weighted by molar-refractivity contribution is 7.22. The molecule has 2 fully saturated rings. The standard InChI is InChI=1S/C22H28N4O4S/c1-5-30-14-6-7-15-16(8-14)31-19(23-15)24-17(27)11-26-18(28)22(25-20(26)29)10-13(2)9-21(3,4)12-22/h6-8,13H,5,9-12H2,1-4H3,(H,25,29)(H,23,24,27). The molecule has 31 heavy (non-hydrogen) atoms. The van der Waals surface area contributed by atoms with Gasteiger partial charge in [-0.25, -0.2) is 9.78 Å². The van der Waals surface area contributed by atoms with E-state index in [1.807, 2.05) is 25.1 Å². The first kappa shape index (κ1) is 21.5. The topological polar surface area (TPSA) is 101 Å². The first-order valence-corrected chi connectivity index (χ1v) is 11.4. The van der Waals surface area contributed by atoms with Crippen molar-refractivity contribution in [2.75, 3.05) is 18.5 Å². The molecule has 1 aromatic carbocycles. The lowest BCUT2D eigenvalue weighted by Gasteiger charge is -2.43. The van der Waals surface area contributed by atoms with Gasteiger partial charge in [0.05, 0.1) is 16.8 Å². The van der Waals surface area contributed by atoms with Crippen LogP contribution in [0.1, 0.15) is 47.0 Å². The van der Waals surface area contributed by atoms with Gasteiger partial charge in [0, 0.05) is 0 Å². The molecular formula is C22H28N4O4S. The molecule has 0 radical (unpaired) electrons. The Morgan fingerprint density at radius 3 is 2.84 bits per heavy atom. The van der Waals surface area contributed by atoms with E-state index in [1.54, 1.807) is 0 Å². The number of fused-ring (bicyclic) bond motifs is 1. The fourth-order valence-electron chi connectivity index (χ4n) is 5.17. The minimum atomic E-state index is -0.913. The Bertz CT molecular complexity index is 1050. The molecular weight excluding hydrogens is 416 g/mol. The number of thiazole rings is 1. The summed E-state index contributed by atoms with van der Waals surface area (Å²) < 4.78 is 6.38. The van der Waals surface area contributed by atoms with Gasteiger partial charge in [-0.05, 0) is 55.7 Å². The van der Waals surface area contributed by atoms with E-state index in [2.05, 4.69) is 36.4 Å². The molecule has 2 atom stereocenters. The average molecular weight is 445 g/mol. The second-order valence-electron chi connectivity index (χ2n) is 9.39. The summed E-state index contributed by atoms with van der Waals surface area (Å²) >= 11 is 1.32. The number of rotatable bonds is 5. The number of hydrogen-bond acceptors (Lipinski definition) is 6. The van der Waals surface area contributed by atoms with Crippen molar-refractivity contribution in [3.63, 3.8) is 0 Å². The van der Waals surface area contributed by atoms with E-state index in [0.717, 1.165) is 27.3 Å². The Kier molecular flexibility index (Phi) is 5.41. The molecule has 1 saturated heterocycles. The quantitative estimate of drug-likeness (QED) is 0.684. The smallest absolute Gasteiger partial charge is 0.325 e. The molecule has 9 heteroatoms. The summed E-state index contributed by atoms with van der Waals surface area (Å²) in [5.74, 6) is 0.294. The highest BCUT2D eigenvalue weighted by Crippen LogP contribution is 2.46. The summed E-state index contributed by atoms with van der Waals surface area (Å²) in [5, 5.41) is 6.03. The summed E-state index contributed by atoms with van der Waals surface area (Å²) in [6.45, 7) is 8.48. The lowest BCUT2D eigenvalue weighted by atomic mass is 9.64. The summed E-state index contributed by atoms with van der Waals surface area (Å²) in [4.78, 5) is 43.8. The second kappa shape index (κ2) is 7.78. The van der Waals surface area contributed by atoms with Gasteiger partial charge in [-0.15, -0.1) is 0 Å². The van der Waals surface area contributed by atoms with E-state index >= 15 is 0 Å². The number of amides is 4. The van der Waals surface area contributed by atoms with Gasteiger partial charge >= 0.3 is 6.03 Å². The molecule has 4 amide bonds. The van der Waals surface area contributed by atoms with Crippen molar-refractivity contribution >= 4 is 44.5 Å². The van der Waals surface area contributed by atoms with Crippen molar-refractivity contribution in [2.45, 2.75) is 52.5 Å². The van der Waals surface area contributed by atoms with E-state index in [1.165, 1.54) is 11.3 Å². The number of nitrogens with zero attached hydrogens (tertiary/aromatic N) is 2. The molecule has 4 rings (SSSR count). The van der Waals surface area contributed by atoms with Crippen molar-refractivity contribution in [2.24, 2.45) is 11.3 Å². The number of aromatic nitrogens is 1. The normalized spacial score (nSPS) is 25.2. The van der Waals surface area contributed by atoms with Crippen molar-refractivity contribution in [1.82, 2.24) is 15.2 Å². The summed E-state index contributed by atoms with van der Waals surface area (Å²) in [5.41, 5.74) is -0.222. The van der Waals surface area contributed by atoms with Gasteiger partial charge in [-0.1, -0.05) is 32.1 Å². The first-order chi connectivity index (χ1) is 14.6. The molecule has 2 aromatic rings. The highest BCUT2D eigenvalue weighted by atomic mass is 32.1. The zero-order valence-corrected chi connectivity index (χ0v) is 19.1. The number of imide groups is 1. The molecule has 1 saturated carbocycles. The van der Waals surface area contributed by atoms with Crippen LogP contribution in [0.4, 0.5) is 9.93 Å². The molecule has 1 spiro atoms. The molecule has 1 aliphatic carbocycles. The maximum Gasteiger partial charge on any atom is 0.325 e.